The van der Waals surface area contributed by atoms with Crippen molar-refractivity contribution in [2.45, 2.75) is 26.1 Å². The summed E-state index contributed by atoms with van der Waals surface area (Å²) in [6.45, 7) is 6.18. The van der Waals surface area contributed by atoms with Crippen molar-refractivity contribution in [3.8, 4) is 11.5 Å². The van der Waals surface area contributed by atoms with Gasteiger partial charge in [0.15, 0.2) is 0 Å². The van der Waals surface area contributed by atoms with Crippen molar-refractivity contribution >= 4 is 17.5 Å². The number of carbonyl (C=O) groups is 2. The number of carbonyl (C=O) groups excluding carboxylic acids is 2. The minimum atomic E-state index is -0.347. The maximum Gasteiger partial charge on any atom is 0.266 e. The van der Waals surface area contributed by atoms with E-state index in [1.165, 1.54) is 4.90 Å². The molecule has 0 N–H and O–H groups in total. The molecule has 2 amide bonds. The number of fused-ring (bicyclic) bond motifs is 1. The Morgan fingerprint density at radius 1 is 0.897 bits per heavy atom. The van der Waals surface area contributed by atoms with E-state index >= 15 is 0 Å². The van der Waals surface area contributed by atoms with Gasteiger partial charge in [-0.1, -0.05) is 0 Å². The van der Waals surface area contributed by atoms with Crippen molar-refractivity contribution in [2.75, 3.05) is 31.3 Å². The Morgan fingerprint density at radius 2 is 1.55 bits per heavy atom. The SMILES string of the molecule is Cc1c(OCC2CO2)ccc(N2C(=O)c3ccc(OCC4CO4)cc3C2=O)c1C. The molecule has 3 aliphatic heterocycles. The molecule has 2 aromatic carbocycles. The van der Waals surface area contributed by atoms with Crippen LogP contribution in [0.3, 0.4) is 0 Å². The Balaban J connectivity index is 1.40. The average molecular weight is 395 g/mol. The van der Waals surface area contributed by atoms with Gasteiger partial charge in [-0.25, -0.2) is 4.90 Å². The predicted molar refractivity (Wildman–Crippen MR) is 104 cm³/mol. The number of amides is 2. The molecule has 2 aromatic rings. The molecule has 7 heteroatoms. The van der Waals surface area contributed by atoms with Gasteiger partial charge in [0.2, 0.25) is 0 Å². The van der Waals surface area contributed by atoms with Crippen LogP contribution in [0.2, 0.25) is 0 Å². The van der Waals surface area contributed by atoms with E-state index in [1.807, 2.05) is 13.8 Å². The molecule has 2 saturated heterocycles. The van der Waals surface area contributed by atoms with Crippen LogP contribution in [0.25, 0.3) is 0 Å². The number of hydrogen-bond donors (Lipinski definition) is 0. The lowest BCUT2D eigenvalue weighted by Gasteiger charge is -2.20. The standard InChI is InChI=1S/C22H21NO6/c1-12-13(2)20(29-11-16-10-28-16)6-5-19(12)23-21(24)17-4-3-14(7-18(17)22(23)25)26-8-15-9-27-15/h3-7,15-16H,8-11H2,1-2H3. The molecule has 150 valence electrons. The third-order valence-corrected chi connectivity index (χ3v) is 5.47. The molecule has 29 heavy (non-hydrogen) atoms. The molecule has 0 aliphatic carbocycles. The first kappa shape index (κ1) is 18.1. The van der Waals surface area contributed by atoms with E-state index in [1.54, 1.807) is 30.3 Å². The molecule has 2 atom stereocenters. The number of ether oxygens (including phenoxy) is 4. The van der Waals surface area contributed by atoms with Crippen LogP contribution in [-0.2, 0) is 9.47 Å². The van der Waals surface area contributed by atoms with Gasteiger partial charge in [-0.2, -0.15) is 0 Å². The summed E-state index contributed by atoms with van der Waals surface area (Å²) in [5.41, 5.74) is 3.03. The molecule has 0 radical (unpaired) electrons. The summed E-state index contributed by atoms with van der Waals surface area (Å²) in [7, 11) is 0. The molecular weight excluding hydrogens is 374 g/mol. The fourth-order valence-corrected chi connectivity index (χ4v) is 3.41. The van der Waals surface area contributed by atoms with Crippen LogP contribution in [0.15, 0.2) is 30.3 Å². The van der Waals surface area contributed by atoms with Crippen molar-refractivity contribution < 1.29 is 28.5 Å². The number of epoxide rings is 2. The molecule has 2 unspecified atom stereocenters. The van der Waals surface area contributed by atoms with Crippen LogP contribution in [0.5, 0.6) is 11.5 Å². The van der Waals surface area contributed by atoms with Gasteiger partial charge in [0.1, 0.15) is 36.9 Å². The minimum Gasteiger partial charge on any atom is -0.491 e. The number of rotatable bonds is 7. The lowest BCUT2D eigenvalue weighted by molar-refractivity contribution is 0.0925. The van der Waals surface area contributed by atoms with E-state index in [2.05, 4.69) is 0 Å². The normalized spacial score (nSPS) is 21.9. The topological polar surface area (TPSA) is 80.9 Å². The van der Waals surface area contributed by atoms with Crippen LogP contribution in [0, 0.1) is 13.8 Å². The summed E-state index contributed by atoms with van der Waals surface area (Å²) in [5.74, 6) is 0.614. The first-order valence-corrected chi connectivity index (χ1v) is 9.65. The van der Waals surface area contributed by atoms with E-state index in [4.69, 9.17) is 18.9 Å². The van der Waals surface area contributed by atoms with Crippen molar-refractivity contribution in [1.29, 1.82) is 0 Å². The van der Waals surface area contributed by atoms with Gasteiger partial charge in [-0.15, -0.1) is 0 Å². The fraction of sp³-hybridized carbons (Fsp3) is 0.364. The van der Waals surface area contributed by atoms with Gasteiger partial charge >= 0.3 is 0 Å². The summed E-state index contributed by atoms with van der Waals surface area (Å²) in [4.78, 5) is 27.3. The second-order valence-electron chi connectivity index (χ2n) is 7.52. The third-order valence-electron chi connectivity index (χ3n) is 5.47. The Bertz CT molecular complexity index is 1010. The zero-order chi connectivity index (χ0) is 20.1. The summed E-state index contributed by atoms with van der Waals surface area (Å²) < 4.78 is 21.8. The molecule has 0 bridgehead atoms. The van der Waals surface area contributed by atoms with Gasteiger partial charge in [-0.05, 0) is 55.3 Å². The molecule has 7 nitrogen and oxygen atoms in total. The van der Waals surface area contributed by atoms with Crippen molar-refractivity contribution in [2.24, 2.45) is 0 Å². The van der Waals surface area contributed by atoms with Gasteiger partial charge in [0.25, 0.3) is 11.8 Å². The van der Waals surface area contributed by atoms with Gasteiger partial charge in [-0.3, -0.25) is 9.59 Å². The first-order chi connectivity index (χ1) is 14.0. The summed E-state index contributed by atoms with van der Waals surface area (Å²) in [6, 6.07) is 8.55. The lowest BCUT2D eigenvalue weighted by Crippen LogP contribution is -2.30. The summed E-state index contributed by atoms with van der Waals surface area (Å²) >= 11 is 0. The summed E-state index contributed by atoms with van der Waals surface area (Å²) in [5, 5.41) is 0. The average Bonchev–Trinajstić information content (AvgIpc) is 3.63. The maximum atomic E-state index is 13.1. The quantitative estimate of drug-likeness (QED) is 0.530. The van der Waals surface area contributed by atoms with E-state index in [-0.39, 0.29) is 24.0 Å². The highest BCUT2D eigenvalue weighted by Gasteiger charge is 2.38. The molecule has 2 fully saturated rings. The van der Waals surface area contributed by atoms with Crippen LogP contribution in [-0.4, -0.2) is 50.4 Å². The van der Waals surface area contributed by atoms with Crippen LogP contribution in [0.1, 0.15) is 31.8 Å². The van der Waals surface area contributed by atoms with E-state index < -0.39 is 0 Å². The molecule has 5 rings (SSSR count). The monoisotopic (exact) mass is 395 g/mol. The highest BCUT2D eigenvalue weighted by atomic mass is 16.6. The Morgan fingerprint density at radius 3 is 2.24 bits per heavy atom. The number of imide groups is 1. The zero-order valence-electron chi connectivity index (χ0n) is 16.3. The largest absolute Gasteiger partial charge is 0.491 e. The molecule has 0 spiro atoms. The van der Waals surface area contributed by atoms with Crippen LogP contribution in [0.4, 0.5) is 5.69 Å². The Hall–Kier alpha value is -2.90. The highest BCUT2D eigenvalue weighted by Crippen LogP contribution is 2.36. The van der Waals surface area contributed by atoms with Crippen LogP contribution < -0.4 is 14.4 Å². The smallest absolute Gasteiger partial charge is 0.266 e. The number of benzene rings is 2. The maximum absolute atomic E-state index is 13.1. The van der Waals surface area contributed by atoms with Gasteiger partial charge < -0.3 is 18.9 Å². The second kappa shape index (κ2) is 6.86. The molecule has 0 aromatic heterocycles. The molecule has 0 saturated carbocycles. The molecular formula is C22H21NO6. The fourth-order valence-electron chi connectivity index (χ4n) is 3.41. The van der Waals surface area contributed by atoms with Crippen molar-refractivity contribution in [3.63, 3.8) is 0 Å². The second-order valence-corrected chi connectivity index (χ2v) is 7.52. The Labute approximate surface area is 168 Å². The number of nitrogens with zero attached hydrogens (tertiary/aromatic N) is 1. The van der Waals surface area contributed by atoms with E-state index in [0.717, 1.165) is 23.5 Å². The third kappa shape index (κ3) is 3.36. The van der Waals surface area contributed by atoms with Crippen molar-refractivity contribution in [3.05, 3.63) is 52.6 Å². The van der Waals surface area contributed by atoms with E-state index in [0.29, 0.717) is 42.4 Å². The lowest BCUT2D eigenvalue weighted by atomic mass is 10.1. The van der Waals surface area contributed by atoms with E-state index in [9.17, 15) is 9.59 Å². The minimum absolute atomic E-state index is 0.120. The zero-order valence-corrected chi connectivity index (χ0v) is 16.3. The number of anilines is 1. The van der Waals surface area contributed by atoms with Crippen molar-refractivity contribution in [1.82, 2.24) is 0 Å². The van der Waals surface area contributed by atoms with Gasteiger partial charge in [0.05, 0.1) is 30.0 Å². The summed E-state index contributed by atoms with van der Waals surface area (Å²) in [6.07, 6.45) is 0.281. The predicted octanol–water partition coefficient (Wildman–Crippen LogP) is 2.66. The van der Waals surface area contributed by atoms with Gasteiger partial charge in [0, 0.05) is 0 Å². The molecule has 3 aliphatic rings. The molecule has 3 heterocycles. The number of hydrogen-bond acceptors (Lipinski definition) is 6. The Kier molecular flexibility index (Phi) is 4.29. The highest BCUT2D eigenvalue weighted by molar-refractivity contribution is 6.34. The van der Waals surface area contributed by atoms with Crippen LogP contribution >= 0.6 is 0 Å². The first-order valence-electron chi connectivity index (χ1n) is 9.65.